The van der Waals surface area contributed by atoms with Gasteiger partial charge in [0, 0.05) is 38.9 Å². The number of halogens is 1. The Morgan fingerprint density at radius 2 is 1.67 bits per heavy atom. The Morgan fingerprint density at radius 3 is 2.33 bits per heavy atom. The fourth-order valence-electron chi connectivity index (χ4n) is 2.58. The van der Waals surface area contributed by atoms with Crippen LogP contribution in [0.2, 0.25) is 0 Å². The number of ether oxygens (including phenoxy) is 3. The summed E-state index contributed by atoms with van der Waals surface area (Å²) in [7, 11) is 6.74. The van der Waals surface area contributed by atoms with E-state index in [0.717, 1.165) is 28.6 Å². The van der Waals surface area contributed by atoms with Crippen molar-refractivity contribution in [2.45, 2.75) is 19.7 Å². The summed E-state index contributed by atoms with van der Waals surface area (Å²) in [5.41, 5.74) is 3.35. The highest BCUT2D eigenvalue weighted by molar-refractivity contribution is 14.0. The van der Waals surface area contributed by atoms with Crippen molar-refractivity contribution in [2.75, 3.05) is 28.4 Å². The van der Waals surface area contributed by atoms with Gasteiger partial charge in [-0.2, -0.15) is 0 Å². The first-order valence-electron chi connectivity index (χ1n) is 8.42. The Kier molecular flexibility index (Phi) is 10.6. The van der Waals surface area contributed by atoms with Crippen LogP contribution < -0.4 is 20.1 Å². The monoisotopic (exact) mass is 485 g/mol. The summed E-state index contributed by atoms with van der Waals surface area (Å²) in [4.78, 5) is 4.27. The third-order valence-corrected chi connectivity index (χ3v) is 3.93. The standard InChI is InChI=1S/C20H27N3O3.HI/c1-21-20(22-12-15-6-5-7-16(10-15)14-24-2)23-13-17-8-9-18(25-3)11-19(17)26-4;/h5-11H,12-14H2,1-4H3,(H2,21,22,23);1H. The van der Waals surface area contributed by atoms with Crippen molar-refractivity contribution in [3.8, 4) is 11.5 Å². The van der Waals surface area contributed by atoms with Crippen molar-refractivity contribution in [3.05, 3.63) is 59.2 Å². The number of hydrogen-bond acceptors (Lipinski definition) is 4. The Bertz CT molecular complexity index is 738. The van der Waals surface area contributed by atoms with Gasteiger partial charge in [0.1, 0.15) is 11.5 Å². The third-order valence-electron chi connectivity index (χ3n) is 3.93. The fourth-order valence-corrected chi connectivity index (χ4v) is 2.58. The summed E-state index contributed by atoms with van der Waals surface area (Å²) in [6.45, 7) is 1.88. The van der Waals surface area contributed by atoms with Crippen molar-refractivity contribution in [3.63, 3.8) is 0 Å². The number of nitrogens with one attached hydrogen (secondary N) is 2. The smallest absolute Gasteiger partial charge is 0.191 e. The second-order valence-corrected chi connectivity index (χ2v) is 5.71. The average molecular weight is 485 g/mol. The SMILES string of the molecule is CN=C(NCc1cccc(COC)c1)NCc1ccc(OC)cc1OC.I. The lowest BCUT2D eigenvalue weighted by atomic mass is 10.1. The maximum atomic E-state index is 5.43. The zero-order chi connectivity index (χ0) is 18.8. The van der Waals surface area contributed by atoms with Crippen LogP contribution in [0.25, 0.3) is 0 Å². The number of rotatable bonds is 8. The van der Waals surface area contributed by atoms with Gasteiger partial charge in [0.2, 0.25) is 0 Å². The van der Waals surface area contributed by atoms with Gasteiger partial charge in [-0.15, -0.1) is 24.0 Å². The molecule has 0 heterocycles. The van der Waals surface area contributed by atoms with E-state index < -0.39 is 0 Å². The zero-order valence-electron chi connectivity index (χ0n) is 16.2. The van der Waals surface area contributed by atoms with E-state index in [2.05, 4.69) is 33.8 Å². The number of hydrogen-bond donors (Lipinski definition) is 2. The molecule has 2 aromatic carbocycles. The van der Waals surface area contributed by atoms with Crippen LogP contribution in [0.15, 0.2) is 47.5 Å². The van der Waals surface area contributed by atoms with Gasteiger partial charge in [-0.3, -0.25) is 4.99 Å². The maximum absolute atomic E-state index is 5.43. The number of methoxy groups -OCH3 is 3. The molecule has 0 bridgehead atoms. The van der Waals surface area contributed by atoms with Crippen molar-refractivity contribution in [2.24, 2.45) is 4.99 Å². The first-order valence-corrected chi connectivity index (χ1v) is 8.42. The fraction of sp³-hybridized carbons (Fsp3) is 0.350. The molecule has 0 spiro atoms. The van der Waals surface area contributed by atoms with E-state index in [0.29, 0.717) is 19.7 Å². The van der Waals surface area contributed by atoms with Crippen molar-refractivity contribution in [1.29, 1.82) is 0 Å². The van der Waals surface area contributed by atoms with Crippen LogP contribution in [0.4, 0.5) is 0 Å². The molecule has 0 fully saturated rings. The van der Waals surface area contributed by atoms with Gasteiger partial charge < -0.3 is 24.8 Å². The summed E-state index contributed by atoms with van der Waals surface area (Å²) < 4.78 is 15.8. The van der Waals surface area contributed by atoms with E-state index in [9.17, 15) is 0 Å². The highest BCUT2D eigenvalue weighted by atomic mass is 127. The molecule has 2 N–H and O–H groups in total. The third kappa shape index (κ3) is 7.26. The van der Waals surface area contributed by atoms with Crippen molar-refractivity contribution < 1.29 is 14.2 Å². The van der Waals surface area contributed by atoms with Gasteiger partial charge in [0.15, 0.2) is 5.96 Å². The molecule has 6 nitrogen and oxygen atoms in total. The topological polar surface area (TPSA) is 64.1 Å². The average Bonchev–Trinajstić information content (AvgIpc) is 2.68. The Labute approximate surface area is 178 Å². The van der Waals surface area contributed by atoms with Crippen LogP contribution in [-0.4, -0.2) is 34.3 Å². The predicted octanol–water partition coefficient (Wildman–Crippen LogP) is 3.33. The normalized spacial score (nSPS) is 10.7. The van der Waals surface area contributed by atoms with Crippen LogP contribution in [-0.2, 0) is 24.4 Å². The summed E-state index contributed by atoms with van der Waals surface area (Å²) in [6, 6.07) is 14.0. The molecular formula is C20H28IN3O3. The first-order chi connectivity index (χ1) is 12.7. The van der Waals surface area contributed by atoms with Crippen LogP contribution in [0, 0.1) is 0 Å². The van der Waals surface area contributed by atoms with Crippen LogP contribution in [0.3, 0.4) is 0 Å². The Balaban J connectivity index is 0.00000364. The molecule has 0 saturated carbocycles. The maximum Gasteiger partial charge on any atom is 0.191 e. The minimum atomic E-state index is 0. The minimum absolute atomic E-state index is 0. The molecule has 0 aliphatic carbocycles. The Hall–Kier alpha value is -2.00. The second kappa shape index (κ2) is 12.4. The molecule has 0 unspecified atom stereocenters. The molecule has 0 aromatic heterocycles. The number of nitrogens with zero attached hydrogens (tertiary/aromatic N) is 1. The summed E-state index contributed by atoms with van der Waals surface area (Å²) in [5.74, 6) is 2.27. The molecule has 2 aromatic rings. The minimum Gasteiger partial charge on any atom is -0.497 e. The van der Waals surface area contributed by atoms with Crippen molar-refractivity contribution >= 4 is 29.9 Å². The molecule has 0 radical (unpaired) electrons. The van der Waals surface area contributed by atoms with Gasteiger partial charge in [-0.05, 0) is 23.3 Å². The molecule has 0 amide bonds. The molecule has 148 valence electrons. The summed E-state index contributed by atoms with van der Waals surface area (Å²) in [6.07, 6.45) is 0. The van der Waals surface area contributed by atoms with E-state index in [4.69, 9.17) is 14.2 Å². The lowest BCUT2D eigenvalue weighted by Crippen LogP contribution is -2.36. The van der Waals surface area contributed by atoms with E-state index in [-0.39, 0.29) is 24.0 Å². The molecular weight excluding hydrogens is 457 g/mol. The molecule has 2 rings (SSSR count). The van der Waals surface area contributed by atoms with Gasteiger partial charge in [0.05, 0.1) is 20.8 Å². The quantitative estimate of drug-likeness (QED) is 0.341. The van der Waals surface area contributed by atoms with Gasteiger partial charge in [-0.1, -0.05) is 24.3 Å². The number of guanidine groups is 1. The van der Waals surface area contributed by atoms with Gasteiger partial charge in [-0.25, -0.2) is 0 Å². The van der Waals surface area contributed by atoms with E-state index in [1.54, 1.807) is 28.4 Å². The largest absolute Gasteiger partial charge is 0.497 e. The highest BCUT2D eigenvalue weighted by Gasteiger charge is 2.06. The van der Waals surface area contributed by atoms with Gasteiger partial charge >= 0.3 is 0 Å². The van der Waals surface area contributed by atoms with Gasteiger partial charge in [0.25, 0.3) is 0 Å². The molecule has 0 aliphatic heterocycles. The first kappa shape index (κ1) is 23.0. The van der Waals surface area contributed by atoms with Crippen LogP contribution >= 0.6 is 24.0 Å². The highest BCUT2D eigenvalue weighted by Crippen LogP contribution is 2.24. The van der Waals surface area contributed by atoms with E-state index >= 15 is 0 Å². The lowest BCUT2D eigenvalue weighted by Gasteiger charge is -2.15. The molecule has 0 saturated heterocycles. The molecule has 0 atom stereocenters. The summed E-state index contributed by atoms with van der Waals surface area (Å²) in [5, 5.41) is 6.62. The van der Waals surface area contributed by atoms with Crippen molar-refractivity contribution in [1.82, 2.24) is 10.6 Å². The number of aliphatic imine (C=N–C) groups is 1. The molecule has 7 heteroatoms. The van der Waals surface area contributed by atoms with E-state index in [1.807, 2.05) is 24.3 Å². The zero-order valence-corrected chi connectivity index (χ0v) is 18.6. The second-order valence-electron chi connectivity index (χ2n) is 5.71. The van der Waals surface area contributed by atoms with Crippen LogP contribution in [0.5, 0.6) is 11.5 Å². The lowest BCUT2D eigenvalue weighted by molar-refractivity contribution is 0.185. The van der Waals surface area contributed by atoms with Crippen LogP contribution in [0.1, 0.15) is 16.7 Å². The molecule has 0 aliphatic rings. The number of benzene rings is 2. The predicted molar refractivity (Wildman–Crippen MR) is 119 cm³/mol. The summed E-state index contributed by atoms with van der Waals surface area (Å²) >= 11 is 0. The molecule has 27 heavy (non-hydrogen) atoms. The Morgan fingerprint density at radius 1 is 0.926 bits per heavy atom. The van der Waals surface area contributed by atoms with E-state index in [1.165, 1.54) is 5.56 Å².